The lowest BCUT2D eigenvalue weighted by Crippen LogP contribution is -1.90. The summed E-state index contributed by atoms with van der Waals surface area (Å²) in [6.45, 7) is 4.58. The molecule has 1 nitrogen and oxygen atoms in total. The van der Waals surface area contributed by atoms with Crippen LogP contribution in [0.5, 0.6) is 0 Å². The average molecular weight is 170 g/mol. The molecule has 0 atom stereocenters. The van der Waals surface area contributed by atoms with Gasteiger partial charge in [-0.25, -0.2) is 0 Å². The van der Waals surface area contributed by atoms with E-state index in [1.807, 2.05) is 0 Å². The van der Waals surface area contributed by atoms with Crippen LogP contribution in [0.25, 0.3) is 0 Å². The van der Waals surface area contributed by atoms with Gasteiger partial charge in [0.15, 0.2) is 0 Å². The summed E-state index contributed by atoms with van der Waals surface area (Å²) in [7, 11) is 0. The zero-order valence-electron chi connectivity index (χ0n) is 7.05. The first-order valence-corrected chi connectivity index (χ1v) is 4.78. The molecule has 11 heavy (non-hydrogen) atoms. The van der Waals surface area contributed by atoms with Gasteiger partial charge in [0.2, 0.25) is 0 Å². The highest BCUT2D eigenvalue weighted by atomic mass is 32.1. The van der Waals surface area contributed by atoms with Crippen LogP contribution in [-0.4, -0.2) is 11.7 Å². The van der Waals surface area contributed by atoms with Crippen LogP contribution in [0.4, 0.5) is 0 Å². The lowest BCUT2D eigenvalue weighted by Gasteiger charge is -1.99. The molecule has 0 aliphatic heterocycles. The standard InChI is InChI=1S/C9H14OS/c1-7-6-11-8(2)9(7)4-3-5-10/h6,10H,3-5H2,1-2H3. The number of aryl methyl sites for hydroxylation is 2. The second kappa shape index (κ2) is 3.88. The molecule has 0 aliphatic rings. The quantitative estimate of drug-likeness (QED) is 0.738. The van der Waals surface area contributed by atoms with Gasteiger partial charge in [-0.3, -0.25) is 0 Å². The molecule has 0 saturated carbocycles. The van der Waals surface area contributed by atoms with Gasteiger partial charge in [0.05, 0.1) is 0 Å². The smallest absolute Gasteiger partial charge is 0.0434 e. The van der Waals surface area contributed by atoms with Gasteiger partial charge in [0.1, 0.15) is 0 Å². The van der Waals surface area contributed by atoms with Gasteiger partial charge < -0.3 is 5.11 Å². The van der Waals surface area contributed by atoms with E-state index < -0.39 is 0 Å². The molecule has 62 valence electrons. The summed E-state index contributed by atoms with van der Waals surface area (Å²) in [4.78, 5) is 1.40. The molecule has 1 rings (SSSR count). The van der Waals surface area contributed by atoms with Gasteiger partial charge >= 0.3 is 0 Å². The Morgan fingerprint density at radius 3 is 2.64 bits per heavy atom. The van der Waals surface area contributed by atoms with E-state index in [1.165, 1.54) is 16.0 Å². The molecular formula is C9H14OS. The van der Waals surface area contributed by atoms with E-state index in [1.54, 1.807) is 11.3 Å². The van der Waals surface area contributed by atoms with Crippen molar-refractivity contribution in [1.82, 2.24) is 0 Å². The molecule has 0 fully saturated rings. The highest BCUT2D eigenvalue weighted by molar-refractivity contribution is 7.10. The van der Waals surface area contributed by atoms with Crippen molar-refractivity contribution in [1.29, 1.82) is 0 Å². The fourth-order valence-corrected chi connectivity index (χ4v) is 2.13. The molecule has 2 heteroatoms. The summed E-state index contributed by atoms with van der Waals surface area (Å²) < 4.78 is 0. The number of hydrogen-bond donors (Lipinski definition) is 1. The monoisotopic (exact) mass is 170 g/mol. The van der Waals surface area contributed by atoms with Crippen molar-refractivity contribution in [2.45, 2.75) is 26.7 Å². The molecule has 1 N–H and O–H groups in total. The fourth-order valence-electron chi connectivity index (χ4n) is 1.23. The average Bonchev–Trinajstić information content (AvgIpc) is 2.29. The fraction of sp³-hybridized carbons (Fsp3) is 0.556. The molecule has 0 radical (unpaired) electrons. The Hall–Kier alpha value is -0.340. The van der Waals surface area contributed by atoms with E-state index in [4.69, 9.17) is 5.11 Å². The van der Waals surface area contributed by atoms with Gasteiger partial charge in [-0.05, 0) is 43.2 Å². The number of rotatable bonds is 3. The molecule has 1 aromatic heterocycles. The molecule has 0 spiro atoms. The van der Waals surface area contributed by atoms with Crippen molar-refractivity contribution in [3.8, 4) is 0 Å². The molecule has 1 heterocycles. The lowest BCUT2D eigenvalue weighted by atomic mass is 10.1. The van der Waals surface area contributed by atoms with Crippen LogP contribution in [0.2, 0.25) is 0 Å². The highest BCUT2D eigenvalue weighted by Gasteiger charge is 2.03. The zero-order valence-corrected chi connectivity index (χ0v) is 7.87. The summed E-state index contributed by atoms with van der Waals surface area (Å²) in [5.41, 5.74) is 2.81. The van der Waals surface area contributed by atoms with Crippen LogP contribution in [0.1, 0.15) is 22.4 Å². The number of aliphatic hydroxyl groups excluding tert-OH is 1. The molecule has 1 aromatic rings. The van der Waals surface area contributed by atoms with Crippen LogP contribution in [-0.2, 0) is 6.42 Å². The van der Waals surface area contributed by atoms with Crippen LogP contribution in [0.15, 0.2) is 5.38 Å². The van der Waals surface area contributed by atoms with Crippen molar-refractivity contribution < 1.29 is 5.11 Å². The maximum Gasteiger partial charge on any atom is 0.0434 e. The van der Waals surface area contributed by atoms with E-state index in [0.717, 1.165) is 12.8 Å². The SMILES string of the molecule is Cc1csc(C)c1CCCO. The largest absolute Gasteiger partial charge is 0.396 e. The summed E-state index contributed by atoms with van der Waals surface area (Å²) >= 11 is 1.80. The Kier molecular flexibility index (Phi) is 3.09. The predicted octanol–water partition coefficient (Wildman–Crippen LogP) is 2.29. The van der Waals surface area contributed by atoms with E-state index in [0.29, 0.717) is 6.61 Å². The summed E-state index contributed by atoms with van der Waals surface area (Å²) in [5.74, 6) is 0. The molecule has 0 saturated heterocycles. The first-order chi connectivity index (χ1) is 5.25. The molecular weight excluding hydrogens is 156 g/mol. The molecule has 0 aromatic carbocycles. The van der Waals surface area contributed by atoms with E-state index in [9.17, 15) is 0 Å². The van der Waals surface area contributed by atoms with Crippen molar-refractivity contribution >= 4 is 11.3 Å². The molecule has 0 unspecified atom stereocenters. The highest BCUT2D eigenvalue weighted by Crippen LogP contribution is 2.21. The van der Waals surface area contributed by atoms with Crippen molar-refractivity contribution in [3.63, 3.8) is 0 Å². The lowest BCUT2D eigenvalue weighted by molar-refractivity contribution is 0.288. The summed E-state index contributed by atoms with van der Waals surface area (Å²) in [6.07, 6.45) is 1.91. The minimum absolute atomic E-state index is 0.300. The van der Waals surface area contributed by atoms with Gasteiger partial charge in [0.25, 0.3) is 0 Å². The van der Waals surface area contributed by atoms with Crippen LogP contribution < -0.4 is 0 Å². The molecule has 0 aliphatic carbocycles. The Bertz CT molecular complexity index is 208. The number of thiophene rings is 1. The third-order valence-electron chi connectivity index (χ3n) is 1.90. The summed E-state index contributed by atoms with van der Waals surface area (Å²) in [6, 6.07) is 0. The second-order valence-corrected chi connectivity index (χ2v) is 3.86. The van der Waals surface area contributed by atoms with Crippen molar-refractivity contribution in [3.05, 3.63) is 21.4 Å². The predicted molar refractivity (Wildman–Crippen MR) is 49.2 cm³/mol. The maximum atomic E-state index is 8.65. The molecule has 0 amide bonds. The van der Waals surface area contributed by atoms with Crippen LogP contribution >= 0.6 is 11.3 Å². The van der Waals surface area contributed by atoms with Crippen molar-refractivity contribution in [2.24, 2.45) is 0 Å². The second-order valence-electron chi connectivity index (χ2n) is 2.78. The Balaban J connectivity index is 2.67. The van der Waals surface area contributed by atoms with Gasteiger partial charge in [-0.1, -0.05) is 0 Å². The van der Waals surface area contributed by atoms with Crippen LogP contribution in [0, 0.1) is 13.8 Å². The Labute approximate surface area is 71.7 Å². The van der Waals surface area contributed by atoms with E-state index >= 15 is 0 Å². The summed E-state index contributed by atoms with van der Waals surface area (Å²) in [5, 5.41) is 10.8. The van der Waals surface area contributed by atoms with E-state index in [2.05, 4.69) is 19.2 Å². The van der Waals surface area contributed by atoms with E-state index in [-0.39, 0.29) is 0 Å². The third-order valence-corrected chi connectivity index (χ3v) is 2.97. The van der Waals surface area contributed by atoms with Gasteiger partial charge in [0, 0.05) is 11.5 Å². The van der Waals surface area contributed by atoms with Crippen LogP contribution in [0.3, 0.4) is 0 Å². The minimum atomic E-state index is 0.300. The third kappa shape index (κ3) is 2.04. The number of hydrogen-bond acceptors (Lipinski definition) is 2. The zero-order chi connectivity index (χ0) is 8.27. The Morgan fingerprint density at radius 2 is 2.18 bits per heavy atom. The van der Waals surface area contributed by atoms with Gasteiger partial charge in [-0.2, -0.15) is 0 Å². The maximum absolute atomic E-state index is 8.65. The topological polar surface area (TPSA) is 20.2 Å². The normalized spacial score (nSPS) is 10.5. The van der Waals surface area contributed by atoms with Gasteiger partial charge in [-0.15, -0.1) is 11.3 Å². The first-order valence-electron chi connectivity index (χ1n) is 3.90. The Morgan fingerprint density at radius 1 is 1.45 bits per heavy atom. The number of aliphatic hydroxyl groups is 1. The minimum Gasteiger partial charge on any atom is -0.396 e. The molecule has 0 bridgehead atoms. The first kappa shape index (κ1) is 8.75. The van der Waals surface area contributed by atoms with Crippen molar-refractivity contribution in [2.75, 3.05) is 6.61 Å².